The topological polar surface area (TPSA) is 79.8 Å². The number of carbonyl (C=O) groups excluding carboxylic acids is 1. The minimum Gasteiger partial charge on any atom is -0.273 e. The van der Waals surface area contributed by atoms with E-state index < -0.39 is 6.03 Å². The van der Waals surface area contributed by atoms with Crippen molar-refractivity contribution in [2.24, 2.45) is 15.5 Å². The first kappa shape index (κ1) is 11.6. The predicted octanol–water partition coefficient (Wildman–Crippen LogP) is 2.88. The van der Waals surface area contributed by atoms with Gasteiger partial charge in [-0.05, 0) is 16.8 Å². The highest BCUT2D eigenvalue weighted by Gasteiger charge is 2.00. The molecule has 2 amide bonds. The van der Waals surface area contributed by atoms with Gasteiger partial charge in [0.15, 0.2) is 0 Å². The maximum Gasteiger partial charge on any atom is 0.374 e. The first-order chi connectivity index (χ1) is 8.31. The zero-order valence-corrected chi connectivity index (χ0v) is 9.65. The molecule has 5 nitrogen and oxygen atoms in total. The summed E-state index contributed by atoms with van der Waals surface area (Å²) < 4.78 is 3.71. The number of nitrogens with two attached hydrogens (primary N) is 1. The lowest BCUT2D eigenvalue weighted by molar-refractivity contribution is 0.248. The van der Waals surface area contributed by atoms with Crippen molar-refractivity contribution < 1.29 is 4.79 Å². The van der Waals surface area contributed by atoms with Crippen LogP contribution in [-0.2, 0) is 0 Å². The molecule has 0 aliphatic heterocycles. The number of hydrogen-bond acceptors (Lipinski definition) is 4. The van der Waals surface area contributed by atoms with E-state index in [9.17, 15) is 4.79 Å². The average Bonchev–Trinajstić information content (AvgIpc) is 2.39. The first-order valence-electron chi connectivity index (χ1n) is 4.87. The van der Waals surface area contributed by atoms with Crippen LogP contribution in [-0.4, -0.2) is 6.03 Å². The molecule has 6 heteroatoms. The van der Waals surface area contributed by atoms with Crippen molar-refractivity contribution in [1.29, 1.82) is 0 Å². The Morgan fingerprint density at radius 1 is 1.18 bits per heavy atom. The van der Waals surface area contributed by atoms with Crippen molar-refractivity contribution in [2.45, 2.75) is 4.90 Å². The lowest BCUT2D eigenvalue weighted by Gasteiger charge is -2.01. The molecule has 0 saturated carbocycles. The fraction of sp³-hybridized carbons (Fsp3) is 0. The molecule has 0 aliphatic rings. The van der Waals surface area contributed by atoms with E-state index in [2.05, 4.69) is 9.63 Å². The second kappa shape index (κ2) is 5.42. The molecule has 0 fully saturated rings. The zero-order valence-electron chi connectivity index (χ0n) is 8.83. The number of carbonyl (C=O) groups is 1. The molecular formula is C11H10N4OS. The summed E-state index contributed by atoms with van der Waals surface area (Å²) in [6.07, 6.45) is 0. The van der Waals surface area contributed by atoms with E-state index in [0.29, 0.717) is 0 Å². The van der Waals surface area contributed by atoms with Crippen LogP contribution in [0.3, 0.4) is 0 Å². The second-order valence-corrected chi connectivity index (χ2v) is 3.99. The molecule has 0 aromatic heterocycles. The van der Waals surface area contributed by atoms with Crippen LogP contribution in [0.1, 0.15) is 0 Å². The van der Waals surface area contributed by atoms with Crippen molar-refractivity contribution in [1.82, 2.24) is 5.43 Å². The van der Waals surface area contributed by atoms with Gasteiger partial charge >= 0.3 is 6.03 Å². The highest BCUT2D eigenvalue weighted by molar-refractivity contribution is 7.98. The van der Waals surface area contributed by atoms with Crippen LogP contribution in [0.15, 0.2) is 57.0 Å². The number of hydrogen-bond donors (Lipinski definition) is 2. The Bertz CT molecular complexity index is 565. The molecule has 0 radical (unpaired) electrons. The molecule has 0 spiro atoms. The Labute approximate surface area is 102 Å². The number of urea groups is 1. The number of benzene rings is 2. The maximum absolute atomic E-state index is 10.8. The summed E-state index contributed by atoms with van der Waals surface area (Å²) in [5.41, 5.74) is 1.88. The van der Waals surface area contributed by atoms with Crippen LogP contribution in [0.25, 0.3) is 10.8 Å². The fourth-order valence-electron chi connectivity index (χ4n) is 1.41. The molecule has 17 heavy (non-hydrogen) atoms. The molecular weight excluding hydrogens is 236 g/mol. The fourth-order valence-corrected chi connectivity index (χ4v) is 2.03. The molecule has 0 bridgehead atoms. The summed E-state index contributed by atoms with van der Waals surface area (Å²) >= 11 is 1.14. The van der Waals surface area contributed by atoms with Gasteiger partial charge in [0.2, 0.25) is 0 Å². The van der Waals surface area contributed by atoms with Gasteiger partial charge in [0.1, 0.15) is 0 Å². The summed E-state index contributed by atoms with van der Waals surface area (Å²) in [4.78, 5) is 11.7. The third-order valence-electron chi connectivity index (χ3n) is 2.14. The summed E-state index contributed by atoms with van der Waals surface area (Å²) in [6, 6.07) is 13.1. The quantitative estimate of drug-likeness (QED) is 0.281. The number of nitrogens with one attached hydrogen (secondary N) is 1. The van der Waals surface area contributed by atoms with Crippen LogP contribution >= 0.6 is 11.9 Å². The summed E-state index contributed by atoms with van der Waals surface area (Å²) in [5.74, 6) is 4.88. The van der Waals surface area contributed by atoms with Gasteiger partial charge in [0.05, 0.1) is 0 Å². The predicted molar refractivity (Wildman–Crippen MR) is 67.4 cm³/mol. The number of hydrazine groups is 1. The van der Waals surface area contributed by atoms with Crippen LogP contribution in [0.2, 0.25) is 0 Å². The smallest absolute Gasteiger partial charge is 0.273 e. The van der Waals surface area contributed by atoms with Gasteiger partial charge in [0.25, 0.3) is 0 Å². The van der Waals surface area contributed by atoms with Crippen molar-refractivity contribution in [3.05, 3.63) is 42.5 Å². The standard InChI is InChI=1S/C11H10N4OS/c12-13-11(16)14-15-17-10-7-3-5-8-4-1-2-6-9(8)10/h1-7H,12H2,(H,13,16). The van der Waals surface area contributed by atoms with Crippen molar-refractivity contribution in [2.75, 3.05) is 0 Å². The highest BCUT2D eigenvalue weighted by Crippen LogP contribution is 2.28. The lowest BCUT2D eigenvalue weighted by atomic mass is 10.1. The van der Waals surface area contributed by atoms with Gasteiger partial charge in [0, 0.05) is 16.8 Å². The number of amides is 2. The molecule has 86 valence electrons. The van der Waals surface area contributed by atoms with Gasteiger partial charge in [-0.15, -0.1) is 4.52 Å². The Morgan fingerprint density at radius 2 is 1.94 bits per heavy atom. The van der Waals surface area contributed by atoms with Gasteiger partial charge in [-0.25, -0.2) is 10.6 Å². The van der Waals surface area contributed by atoms with Crippen LogP contribution in [0.4, 0.5) is 4.79 Å². The molecule has 0 heterocycles. The maximum atomic E-state index is 10.8. The van der Waals surface area contributed by atoms with Gasteiger partial charge < -0.3 is 0 Å². The Kier molecular flexibility index (Phi) is 3.69. The van der Waals surface area contributed by atoms with Crippen molar-refractivity contribution in [3.63, 3.8) is 0 Å². The molecule has 2 rings (SSSR count). The SMILES string of the molecule is NNC(=O)N=NSc1cccc2ccccc12. The minimum absolute atomic E-state index is 0.669. The molecule has 0 unspecified atom stereocenters. The van der Waals surface area contributed by atoms with E-state index in [1.165, 1.54) is 0 Å². The molecule has 3 N–H and O–H groups in total. The molecule has 0 saturated heterocycles. The molecule has 2 aromatic rings. The van der Waals surface area contributed by atoms with Crippen LogP contribution < -0.4 is 11.3 Å². The monoisotopic (exact) mass is 246 g/mol. The first-order valence-corrected chi connectivity index (χ1v) is 5.65. The zero-order chi connectivity index (χ0) is 12.1. The van der Waals surface area contributed by atoms with Gasteiger partial charge in [-0.2, -0.15) is 0 Å². The van der Waals surface area contributed by atoms with E-state index >= 15 is 0 Å². The lowest BCUT2D eigenvalue weighted by Crippen LogP contribution is -2.26. The van der Waals surface area contributed by atoms with Crippen molar-refractivity contribution in [3.8, 4) is 0 Å². The molecule has 2 aromatic carbocycles. The summed E-state index contributed by atoms with van der Waals surface area (Å²) in [7, 11) is 0. The normalized spacial score (nSPS) is 10.9. The Hall–Kier alpha value is -1.92. The van der Waals surface area contributed by atoms with E-state index in [4.69, 9.17) is 5.84 Å². The van der Waals surface area contributed by atoms with Crippen LogP contribution in [0.5, 0.6) is 0 Å². The van der Waals surface area contributed by atoms with Crippen molar-refractivity contribution >= 4 is 28.8 Å². The number of fused-ring (bicyclic) bond motifs is 1. The van der Waals surface area contributed by atoms with E-state index in [1.807, 2.05) is 47.9 Å². The van der Waals surface area contributed by atoms with Crippen LogP contribution in [0, 0.1) is 0 Å². The van der Waals surface area contributed by atoms with Gasteiger partial charge in [-0.1, -0.05) is 41.5 Å². The number of nitrogens with zero attached hydrogens (tertiary/aromatic N) is 2. The number of rotatable bonds is 2. The Morgan fingerprint density at radius 3 is 2.76 bits per heavy atom. The summed E-state index contributed by atoms with van der Waals surface area (Å²) in [6.45, 7) is 0. The highest BCUT2D eigenvalue weighted by atomic mass is 32.2. The molecule has 0 atom stereocenters. The second-order valence-electron chi connectivity index (χ2n) is 3.20. The average molecular weight is 246 g/mol. The van der Waals surface area contributed by atoms with E-state index in [1.54, 1.807) is 0 Å². The third-order valence-corrected chi connectivity index (χ3v) is 2.86. The largest absolute Gasteiger partial charge is 0.374 e. The van der Waals surface area contributed by atoms with Gasteiger partial charge in [-0.3, -0.25) is 5.43 Å². The Balaban J connectivity index is 2.24. The van der Waals surface area contributed by atoms with E-state index in [0.717, 1.165) is 27.6 Å². The minimum atomic E-state index is -0.669. The van der Waals surface area contributed by atoms with E-state index in [-0.39, 0.29) is 0 Å². The summed E-state index contributed by atoms with van der Waals surface area (Å²) in [5, 5.41) is 5.55. The molecule has 0 aliphatic carbocycles. The third kappa shape index (κ3) is 2.80.